The van der Waals surface area contributed by atoms with Gasteiger partial charge in [-0.15, -0.1) is 0 Å². The lowest BCUT2D eigenvalue weighted by Crippen LogP contribution is -2.06. The summed E-state index contributed by atoms with van der Waals surface area (Å²) in [5, 5.41) is 0. The number of hydrogen-bond acceptors (Lipinski definition) is 6. The zero-order valence-electron chi connectivity index (χ0n) is 17.7. The standard InChI is InChI=1S/C24H25NO5S/c1-28-22-14-17(15-23(29-2)24(22)30-3)8-9-18-6-4-5-7-19(18)16-31(26,27)21-12-10-20(25)11-13-21/h4-15H,16,25H2,1-3H3/b9-8-. The molecule has 0 aliphatic heterocycles. The van der Waals surface area contributed by atoms with Crippen molar-refractivity contribution in [1.29, 1.82) is 0 Å². The number of methoxy groups -OCH3 is 3. The third kappa shape index (κ3) is 5.19. The summed E-state index contributed by atoms with van der Waals surface area (Å²) in [5.41, 5.74) is 8.52. The van der Waals surface area contributed by atoms with Gasteiger partial charge < -0.3 is 19.9 Å². The second-order valence-electron chi connectivity index (χ2n) is 6.82. The SMILES string of the molecule is COc1cc(/C=C\c2ccccc2CS(=O)(=O)c2ccc(N)cc2)cc(OC)c1OC. The summed E-state index contributed by atoms with van der Waals surface area (Å²) < 4.78 is 41.9. The molecule has 0 heterocycles. The van der Waals surface area contributed by atoms with Crippen molar-refractivity contribution in [3.63, 3.8) is 0 Å². The van der Waals surface area contributed by atoms with E-state index in [1.807, 2.05) is 48.6 Å². The monoisotopic (exact) mass is 439 g/mol. The Labute approximate surface area is 182 Å². The summed E-state index contributed by atoms with van der Waals surface area (Å²) in [4.78, 5) is 0.241. The van der Waals surface area contributed by atoms with Crippen molar-refractivity contribution in [2.75, 3.05) is 27.1 Å². The molecule has 3 aromatic rings. The Morgan fingerprint density at radius 2 is 1.45 bits per heavy atom. The molecule has 0 radical (unpaired) electrons. The van der Waals surface area contributed by atoms with E-state index in [9.17, 15) is 8.42 Å². The minimum atomic E-state index is -3.51. The average Bonchev–Trinajstić information content (AvgIpc) is 2.77. The van der Waals surface area contributed by atoms with E-state index in [1.165, 1.54) is 12.1 Å². The fourth-order valence-corrected chi connectivity index (χ4v) is 4.56. The van der Waals surface area contributed by atoms with Gasteiger partial charge in [0.25, 0.3) is 0 Å². The number of sulfone groups is 1. The molecule has 0 amide bonds. The van der Waals surface area contributed by atoms with Crippen LogP contribution < -0.4 is 19.9 Å². The first-order chi connectivity index (χ1) is 14.9. The quantitative estimate of drug-likeness (QED) is 0.412. The van der Waals surface area contributed by atoms with Gasteiger partial charge >= 0.3 is 0 Å². The molecule has 2 N–H and O–H groups in total. The molecule has 0 unspecified atom stereocenters. The van der Waals surface area contributed by atoms with E-state index in [0.29, 0.717) is 28.5 Å². The molecule has 7 heteroatoms. The van der Waals surface area contributed by atoms with Crippen molar-refractivity contribution in [1.82, 2.24) is 0 Å². The summed E-state index contributed by atoms with van der Waals surface area (Å²) in [6.07, 6.45) is 3.74. The van der Waals surface area contributed by atoms with Gasteiger partial charge in [0.05, 0.1) is 32.0 Å². The highest BCUT2D eigenvalue weighted by Crippen LogP contribution is 2.38. The second-order valence-corrected chi connectivity index (χ2v) is 8.81. The molecule has 0 spiro atoms. The highest BCUT2D eigenvalue weighted by molar-refractivity contribution is 7.90. The number of rotatable bonds is 8. The number of nitrogen functional groups attached to an aromatic ring is 1. The van der Waals surface area contributed by atoms with Gasteiger partial charge in [0, 0.05) is 5.69 Å². The van der Waals surface area contributed by atoms with Gasteiger partial charge in [0.15, 0.2) is 21.3 Å². The van der Waals surface area contributed by atoms with E-state index in [1.54, 1.807) is 33.5 Å². The molecule has 31 heavy (non-hydrogen) atoms. The highest BCUT2D eigenvalue weighted by Gasteiger charge is 2.17. The van der Waals surface area contributed by atoms with Gasteiger partial charge in [-0.2, -0.15) is 0 Å². The third-order valence-electron chi connectivity index (χ3n) is 4.78. The number of anilines is 1. The van der Waals surface area contributed by atoms with Crippen LogP contribution in [0, 0.1) is 0 Å². The van der Waals surface area contributed by atoms with Crippen LogP contribution in [0.1, 0.15) is 16.7 Å². The molecule has 162 valence electrons. The van der Waals surface area contributed by atoms with Crippen LogP contribution in [0.25, 0.3) is 12.2 Å². The van der Waals surface area contributed by atoms with Crippen LogP contribution in [-0.4, -0.2) is 29.7 Å². The van der Waals surface area contributed by atoms with Gasteiger partial charge in [0.1, 0.15) is 0 Å². The number of hydrogen-bond donors (Lipinski definition) is 1. The molecule has 6 nitrogen and oxygen atoms in total. The van der Waals surface area contributed by atoms with Gasteiger partial charge in [0.2, 0.25) is 5.75 Å². The van der Waals surface area contributed by atoms with Crippen molar-refractivity contribution in [3.8, 4) is 17.2 Å². The van der Waals surface area contributed by atoms with Crippen LogP contribution in [0.5, 0.6) is 17.2 Å². The van der Waals surface area contributed by atoms with Crippen molar-refractivity contribution < 1.29 is 22.6 Å². The molecule has 3 aromatic carbocycles. The van der Waals surface area contributed by atoms with Crippen LogP contribution in [0.15, 0.2) is 65.6 Å². The lowest BCUT2D eigenvalue weighted by molar-refractivity contribution is 0.324. The zero-order valence-corrected chi connectivity index (χ0v) is 18.5. The van der Waals surface area contributed by atoms with E-state index in [0.717, 1.165) is 11.1 Å². The molecule has 0 atom stereocenters. The van der Waals surface area contributed by atoms with Crippen molar-refractivity contribution in [2.45, 2.75) is 10.6 Å². The van der Waals surface area contributed by atoms with Crippen LogP contribution in [0.2, 0.25) is 0 Å². The Morgan fingerprint density at radius 3 is 2.03 bits per heavy atom. The molecule has 0 aromatic heterocycles. The molecule has 0 saturated carbocycles. The van der Waals surface area contributed by atoms with Crippen LogP contribution in [0.4, 0.5) is 5.69 Å². The molecular weight excluding hydrogens is 414 g/mol. The van der Waals surface area contributed by atoms with Gasteiger partial charge in [-0.1, -0.05) is 36.4 Å². The molecular formula is C24H25NO5S. The second kappa shape index (κ2) is 9.57. The van der Waals surface area contributed by atoms with E-state index in [4.69, 9.17) is 19.9 Å². The van der Waals surface area contributed by atoms with E-state index in [-0.39, 0.29) is 10.6 Å². The predicted molar refractivity (Wildman–Crippen MR) is 123 cm³/mol. The van der Waals surface area contributed by atoms with Crippen molar-refractivity contribution in [3.05, 3.63) is 77.4 Å². The normalized spacial score (nSPS) is 11.5. The summed E-state index contributed by atoms with van der Waals surface area (Å²) in [6, 6.07) is 17.3. The maximum Gasteiger partial charge on any atom is 0.203 e. The summed E-state index contributed by atoms with van der Waals surface area (Å²) >= 11 is 0. The van der Waals surface area contributed by atoms with Crippen LogP contribution in [-0.2, 0) is 15.6 Å². The Morgan fingerprint density at radius 1 is 0.839 bits per heavy atom. The Hall–Kier alpha value is -3.45. The minimum absolute atomic E-state index is 0.118. The fourth-order valence-electron chi connectivity index (χ4n) is 3.18. The first-order valence-corrected chi connectivity index (χ1v) is 11.2. The van der Waals surface area contributed by atoms with Crippen molar-refractivity contribution >= 4 is 27.7 Å². The van der Waals surface area contributed by atoms with Gasteiger partial charge in [-0.25, -0.2) is 8.42 Å². The summed E-state index contributed by atoms with van der Waals surface area (Å²) in [5.74, 6) is 1.48. The third-order valence-corrected chi connectivity index (χ3v) is 6.46. The predicted octanol–water partition coefficient (Wildman–Crippen LogP) is 4.44. The van der Waals surface area contributed by atoms with Gasteiger partial charge in [-0.3, -0.25) is 0 Å². The Bertz CT molecular complexity index is 1160. The molecule has 0 aliphatic carbocycles. The molecule has 0 saturated heterocycles. The van der Waals surface area contributed by atoms with E-state index in [2.05, 4.69) is 0 Å². The topological polar surface area (TPSA) is 87.9 Å². The molecule has 0 fully saturated rings. The average molecular weight is 440 g/mol. The Kier molecular flexibility index (Phi) is 6.87. The highest BCUT2D eigenvalue weighted by atomic mass is 32.2. The Balaban J connectivity index is 1.92. The lowest BCUT2D eigenvalue weighted by atomic mass is 10.1. The van der Waals surface area contributed by atoms with Gasteiger partial charge in [-0.05, 0) is 53.1 Å². The van der Waals surface area contributed by atoms with Crippen LogP contribution >= 0.6 is 0 Å². The fraction of sp³-hybridized carbons (Fsp3) is 0.167. The summed E-state index contributed by atoms with van der Waals surface area (Å²) in [7, 11) is 1.15. The molecule has 0 bridgehead atoms. The maximum atomic E-state index is 12.9. The van der Waals surface area contributed by atoms with Crippen molar-refractivity contribution in [2.24, 2.45) is 0 Å². The van der Waals surface area contributed by atoms with E-state index >= 15 is 0 Å². The minimum Gasteiger partial charge on any atom is -0.493 e. The van der Waals surface area contributed by atoms with E-state index < -0.39 is 9.84 Å². The number of ether oxygens (including phenoxy) is 3. The van der Waals surface area contributed by atoms with Crippen LogP contribution in [0.3, 0.4) is 0 Å². The lowest BCUT2D eigenvalue weighted by Gasteiger charge is -2.13. The first-order valence-electron chi connectivity index (χ1n) is 9.52. The molecule has 0 aliphatic rings. The zero-order chi connectivity index (χ0) is 22.4. The largest absolute Gasteiger partial charge is 0.493 e. The number of nitrogens with two attached hydrogens (primary N) is 1. The maximum absolute atomic E-state index is 12.9. The summed E-state index contributed by atoms with van der Waals surface area (Å²) in [6.45, 7) is 0. The number of benzene rings is 3. The first kappa shape index (κ1) is 22.2. The smallest absolute Gasteiger partial charge is 0.203 e. The molecule has 3 rings (SSSR count).